The van der Waals surface area contributed by atoms with E-state index in [-0.39, 0.29) is 36.6 Å². The Morgan fingerprint density at radius 2 is 1.84 bits per heavy atom. The molecular formula is C31H40O13. The van der Waals surface area contributed by atoms with Crippen LogP contribution in [0.3, 0.4) is 0 Å². The lowest BCUT2D eigenvalue weighted by atomic mass is 9.47. The van der Waals surface area contributed by atoms with Gasteiger partial charge in [0.2, 0.25) is 0 Å². The molecule has 5 aliphatic rings. The standard InChI is InChI=1S/C31H40O13/c1-29(2)17-10-18(33)22-16(15(17)4-5-21(34)43-29)6-8-30(3,31(22)27(44-31)28(38)39)26(14-7-9-40-12-14)41-13-20-24(36)25(37)23(35)19(11-32)42-20/h4-5,7,9,12,15-17,19-20,22-27,32,35-37H,6,8,10-11,13H2,1-3H3,(H,38,39)/t15?,16?,17?,19-,20+,22?,23-,24+,25+,26?,27?,30?,31?/m1/s1. The molecule has 242 valence electrons. The van der Waals surface area contributed by atoms with Crippen molar-refractivity contribution in [3.63, 3.8) is 0 Å². The van der Waals surface area contributed by atoms with Crippen LogP contribution in [0.4, 0.5) is 0 Å². The van der Waals surface area contributed by atoms with Crippen LogP contribution < -0.4 is 0 Å². The van der Waals surface area contributed by atoms with Crippen molar-refractivity contribution < 1.29 is 63.3 Å². The van der Waals surface area contributed by atoms with Crippen molar-refractivity contribution in [3.05, 3.63) is 36.3 Å². The minimum Gasteiger partial charge on any atom is -0.479 e. The van der Waals surface area contributed by atoms with Crippen molar-refractivity contribution in [3.8, 4) is 0 Å². The molecule has 3 aliphatic heterocycles. The number of aliphatic hydroxyl groups is 4. The monoisotopic (exact) mass is 620 g/mol. The molecule has 0 radical (unpaired) electrons. The molecule has 0 aromatic carbocycles. The fourth-order valence-electron chi connectivity index (χ4n) is 8.70. The Morgan fingerprint density at radius 1 is 1.11 bits per heavy atom. The van der Waals surface area contributed by atoms with Crippen LogP contribution >= 0.6 is 0 Å². The van der Waals surface area contributed by atoms with Crippen molar-refractivity contribution >= 4 is 17.7 Å². The number of allylic oxidation sites excluding steroid dienone is 1. The second kappa shape index (κ2) is 11.0. The summed E-state index contributed by atoms with van der Waals surface area (Å²) in [6.45, 7) is 4.51. The topological polar surface area (TPSA) is 206 Å². The molecule has 13 nitrogen and oxygen atoms in total. The number of ketones is 1. The van der Waals surface area contributed by atoms with Gasteiger partial charge >= 0.3 is 11.9 Å². The molecule has 0 amide bonds. The lowest BCUT2D eigenvalue weighted by Crippen LogP contribution is -2.62. The smallest absolute Gasteiger partial charge is 0.335 e. The predicted octanol–water partition coefficient (Wildman–Crippen LogP) is 0.531. The zero-order chi connectivity index (χ0) is 31.8. The lowest BCUT2D eigenvalue weighted by molar-refractivity contribution is -0.248. The second-order valence-electron chi connectivity index (χ2n) is 13.6. The molecule has 2 saturated carbocycles. The van der Waals surface area contributed by atoms with E-state index in [0.29, 0.717) is 18.4 Å². The number of esters is 1. The molecule has 13 atom stereocenters. The zero-order valence-corrected chi connectivity index (χ0v) is 24.8. The van der Waals surface area contributed by atoms with E-state index in [9.17, 15) is 39.9 Å². The Labute approximate surface area is 253 Å². The normalized spacial score (nSPS) is 45.2. The predicted molar refractivity (Wildman–Crippen MR) is 147 cm³/mol. The number of hydrogen-bond donors (Lipinski definition) is 5. The number of rotatable bonds is 7. The van der Waals surface area contributed by atoms with E-state index in [4.69, 9.17) is 23.4 Å². The van der Waals surface area contributed by atoms with Crippen LogP contribution in [-0.2, 0) is 33.3 Å². The molecule has 13 heteroatoms. The maximum atomic E-state index is 14.1. The SMILES string of the molecule is CC1(C)OC(=O)C=CC2C3CCC(C)(C(OC[C@@H]4O[C@H](CO)[C@@H](O)[C@H](O)[C@H]4O)c4ccoc4)C4(OC4C(=O)O)C3C(=O)CC21. The number of fused-ring (bicyclic) bond motifs is 4. The maximum Gasteiger partial charge on any atom is 0.335 e. The number of epoxide rings is 1. The fourth-order valence-corrected chi connectivity index (χ4v) is 8.70. The molecule has 44 heavy (non-hydrogen) atoms. The van der Waals surface area contributed by atoms with E-state index in [1.165, 1.54) is 18.6 Å². The summed E-state index contributed by atoms with van der Waals surface area (Å²) >= 11 is 0. The summed E-state index contributed by atoms with van der Waals surface area (Å²) in [4.78, 5) is 39.1. The summed E-state index contributed by atoms with van der Waals surface area (Å²) < 4.78 is 29.3. The highest BCUT2D eigenvalue weighted by atomic mass is 16.6. The molecule has 6 rings (SSSR count). The van der Waals surface area contributed by atoms with Gasteiger partial charge in [0.15, 0.2) is 6.10 Å². The highest BCUT2D eigenvalue weighted by Gasteiger charge is 2.80. The number of carbonyl (C=O) groups excluding carboxylic acids is 2. The average Bonchev–Trinajstić information content (AvgIpc) is 3.53. The number of furan rings is 1. The Hall–Kier alpha value is -2.65. The maximum absolute atomic E-state index is 14.1. The van der Waals surface area contributed by atoms with Gasteiger partial charge < -0.3 is 48.9 Å². The van der Waals surface area contributed by atoms with Crippen LogP contribution in [0, 0.1) is 29.1 Å². The summed E-state index contributed by atoms with van der Waals surface area (Å²) in [7, 11) is 0. The summed E-state index contributed by atoms with van der Waals surface area (Å²) in [6, 6.07) is 1.67. The quantitative estimate of drug-likeness (QED) is 0.209. The molecule has 4 heterocycles. The van der Waals surface area contributed by atoms with E-state index in [1.807, 2.05) is 6.92 Å². The number of carboxylic acids is 1. The third-order valence-corrected chi connectivity index (χ3v) is 10.9. The molecule has 1 aromatic rings. The first-order valence-corrected chi connectivity index (χ1v) is 15.1. The van der Waals surface area contributed by atoms with Gasteiger partial charge in [-0.2, -0.15) is 0 Å². The zero-order valence-electron chi connectivity index (χ0n) is 24.8. The highest BCUT2D eigenvalue weighted by Crippen LogP contribution is 2.70. The van der Waals surface area contributed by atoms with Gasteiger partial charge in [-0.25, -0.2) is 9.59 Å². The number of ether oxygens (including phenoxy) is 4. The van der Waals surface area contributed by atoms with Crippen LogP contribution in [0.5, 0.6) is 0 Å². The van der Waals surface area contributed by atoms with Gasteiger partial charge in [0.1, 0.15) is 47.5 Å². The minimum absolute atomic E-state index is 0.0755. The molecular weight excluding hydrogens is 580 g/mol. The van der Waals surface area contributed by atoms with Crippen molar-refractivity contribution in [1.82, 2.24) is 0 Å². The van der Waals surface area contributed by atoms with Crippen LogP contribution in [0.1, 0.15) is 51.7 Å². The third-order valence-electron chi connectivity index (χ3n) is 10.9. The van der Waals surface area contributed by atoms with E-state index in [2.05, 4.69) is 0 Å². The summed E-state index contributed by atoms with van der Waals surface area (Å²) in [6.07, 6.45) is -2.11. The Morgan fingerprint density at radius 3 is 2.48 bits per heavy atom. The molecule has 0 bridgehead atoms. The number of aliphatic carboxylic acids is 1. The number of aliphatic hydroxyl groups excluding tert-OH is 4. The van der Waals surface area contributed by atoms with E-state index in [1.54, 1.807) is 26.0 Å². The van der Waals surface area contributed by atoms with E-state index >= 15 is 0 Å². The van der Waals surface area contributed by atoms with Gasteiger partial charge in [-0.3, -0.25) is 4.79 Å². The van der Waals surface area contributed by atoms with Crippen molar-refractivity contribution in [2.45, 2.75) is 94.0 Å². The van der Waals surface area contributed by atoms with E-state index in [0.717, 1.165) is 0 Å². The number of Topliss-reactive ketones (excluding diaryl/α,β-unsaturated/α-hetero) is 1. The summed E-state index contributed by atoms with van der Waals surface area (Å²) in [5.74, 6) is -3.53. The lowest BCUT2D eigenvalue weighted by Gasteiger charge is -2.56. The van der Waals surface area contributed by atoms with Crippen LogP contribution in [0.2, 0.25) is 0 Å². The Kier molecular flexibility index (Phi) is 7.84. The van der Waals surface area contributed by atoms with Crippen molar-refractivity contribution in [1.29, 1.82) is 0 Å². The second-order valence-corrected chi connectivity index (χ2v) is 13.6. The number of carboxylic acid groups (broad SMARTS) is 1. The molecule has 5 N–H and O–H groups in total. The fraction of sp³-hybridized carbons (Fsp3) is 0.710. The third kappa shape index (κ3) is 4.67. The molecule has 8 unspecified atom stereocenters. The van der Waals surface area contributed by atoms with Crippen molar-refractivity contribution in [2.24, 2.45) is 29.1 Å². The first-order chi connectivity index (χ1) is 20.8. The van der Waals surface area contributed by atoms with E-state index < -0.39 is 83.8 Å². The molecule has 1 spiro atoms. The van der Waals surface area contributed by atoms with Gasteiger partial charge in [-0.15, -0.1) is 0 Å². The number of carbonyl (C=O) groups is 3. The van der Waals surface area contributed by atoms with Gasteiger partial charge in [0.25, 0.3) is 0 Å². The summed E-state index contributed by atoms with van der Waals surface area (Å²) in [5.41, 5.74) is -2.93. The molecule has 1 aromatic heterocycles. The number of hydrogen-bond acceptors (Lipinski definition) is 12. The van der Waals surface area contributed by atoms with Gasteiger partial charge in [0, 0.05) is 29.4 Å². The Bertz CT molecular complexity index is 1310. The van der Waals surface area contributed by atoms with Crippen molar-refractivity contribution in [2.75, 3.05) is 13.2 Å². The van der Waals surface area contributed by atoms with Crippen LogP contribution in [-0.4, -0.2) is 104 Å². The summed E-state index contributed by atoms with van der Waals surface area (Å²) in [5, 5.41) is 51.1. The first kappa shape index (κ1) is 31.3. The first-order valence-electron chi connectivity index (χ1n) is 15.1. The average molecular weight is 621 g/mol. The molecule has 4 fully saturated rings. The molecule has 2 saturated heterocycles. The minimum atomic E-state index is -1.59. The largest absolute Gasteiger partial charge is 0.479 e. The number of cyclic esters (lactones) is 1. The van der Waals surface area contributed by atoms with Gasteiger partial charge in [-0.05, 0) is 44.6 Å². The van der Waals surface area contributed by atoms with Crippen LogP contribution in [0.15, 0.2) is 35.2 Å². The highest BCUT2D eigenvalue weighted by molar-refractivity contribution is 5.89. The Balaban J connectivity index is 1.37. The van der Waals surface area contributed by atoms with Gasteiger partial charge in [-0.1, -0.05) is 13.0 Å². The molecule has 2 aliphatic carbocycles. The van der Waals surface area contributed by atoms with Gasteiger partial charge in [0.05, 0.1) is 37.8 Å². The van der Waals surface area contributed by atoms with Crippen LogP contribution in [0.25, 0.3) is 0 Å².